The molecule has 0 saturated carbocycles. The van der Waals surface area contributed by atoms with Gasteiger partial charge in [0.05, 0.1) is 6.61 Å². The fourth-order valence-electron chi connectivity index (χ4n) is 1.86. The highest BCUT2D eigenvalue weighted by molar-refractivity contribution is 9.09. The van der Waals surface area contributed by atoms with Crippen LogP contribution in [0.3, 0.4) is 0 Å². The molecule has 2 rings (SSSR count). The van der Waals surface area contributed by atoms with E-state index in [1.807, 2.05) is 18.2 Å². The van der Waals surface area contributed by atoms with E-state index in [4.69, 9.17) is 4.74 Å². The van der Waals surface area contributed by atoms with Crippen LogP contribution in [0.5, 0.6) is 5.75 Å². The Labute approximate surface area is 116 Å². The molecular formula is C14H18BrNO2. The van der Waals surface area contributed by atoms with Crippen molar-refractivity contribution < 1.29 is 9.53 Å². The van der Waals surface area contributed by atoms with Gasteiger partial charge in [-0.25, -0.2) is 0 Å². The van der Waals surface area contributed by atoms with E-state index in [0.29, 0.717) is 22.9 Å². The van der Waals surface area contributed by atoms with E-state index in [9.17, 15) is 4.79 Å². The molecule has 1 amide bonds. The summed E-state index contributed by atoms with van der Waals surface area (Å²) in [6, 6.07) is 5.62. The molecule has 4 heteroatoms. The van der Waals surface area contributed by atoms with Gasteiger partial charge in [-0.2, -0.15) is 0 Å². The van der Waals surface area contributed by atoms with E-state index >= 15 is 0 Å². The smallest absolute Gasteiger partial charge is 0.251 e. The predicted octanol–water partition coefficient (Wildman–Crippen LogP) is 2.77. The maximum atomic E-state index is 12.0. The fourth-order valence-corrected chi connectivity index (χ4v) is 2.02. The minimum absolute atomic E-state index is 0.0187. The number of hydrogen-bond donors (Lipinski definition) is 1. The summed E-state index contributed by atoms with van der Waals surface area (Å²) >= 11 is 3.56. The molecule has 0 saturated heterocycles. The van der Waals surface area contributed by atoms with Crippen LogP contribution in [0, 0.1) is 5.92 Å². The largest absolute Gasteiger partial charge is 0.493 e. The van der Waals surface area contributed by atoms with Crippen molar-refractivity contribution in [2.75, 3.05) is 13.2 Å². The van der Waals surface area contributed by atoms with Gasteiger partial charge in [-0.3, -0.25) is 4.79 Å². The summed E-state index contributed by atoms with van der Waals surface area (Å²) in [4.78, 5) is 12.3. The summed E-state index contributed by atoms with van der Waals surface area (Å²) in [6.07, 6.45) is 0.892. The monoisotopic (exact) mass is 311 g/mol. The van der Waals surface area contributed by atoms with Crippen molar-refractivity contribution in [1.82, 2.24) is 5.32 Å². The van der Waals surface area contributed by atoms with Gasteiger partial charge in [0.1, 0.15) is 5.75 Å². The van der Waals surface area contributed by atoms with Crippen LogP contribution in [0.1, 0.15) is 29.8 Å². The normalized spacial score (nSPS) is 15.1. The quantitative estimate of drug-likeness (QED) is 0.868. The highest BCUT2D eigenvalue weighted by Gasteiger charge is 2.16. The lowest BCUT2D eigenvalue weighted by atomic mass is 10.1. The highest BCUT2D eigenvalue weighted by Crippen LogP contribution is 2.25. The molecule has 0 aliphatic carbocycles. The molecule has 1 aromatic rings. The second kappa shape index (κ2) is 5.74. The lowest BCUT2D eigenvalue weighted by molar-refractivity contribution is 0.0953. The van der Waals surface area contributed by atoms with E-state index in [0.717, 1.165) is 24.3 Å². The Hall–Kier alpha value is -1.03. The van der Waals surface area contributed by atoms with Gasteiger partial charge < -0.3 is 10.1 Å². The Bertz CT molecular complexity index is 445. The molecule has 18 heavy (non-hydrogen) atoms. The lowest BCUT2D eigenvalue weighted by Gasteiger charge is -2.14. The van der Waals surface area contributed by atoms with Gasteiger partial charge in [0.15, 0.2) is 0 Å². The molecule has 1 aromatic carbocycles. The zero-order chi connectivity index (χ0) is 13.1. The number of halogens is 1. The second-order valence-corrected chi connectivity index (χ2v) is 6.07. The van der Waals surface area contributed by atoms with E-state index in [1.165, 1.54) is 0 Å². The number of ether oxygens (including phenoxy) is 1. The molecule has 1 heterocycles. The Kier molecular flexibility index (Phi) is 4.27. The third-order valence-electron chi connectivity index (χ3n) is 3.13. The maximum Gasteiger partial charge on any atom is 0.251 e. The molecule has 0 aromatic heterocycles. The number of benzene rings is 1. The first kappa shape index (κ1) is 13.4. The van der Waals surface area contributed by atoms with Crippen LogP contribution in [0.15, 0.2) is 18.2 Å². The zero-order valence-electron chi connectivity index (χ0n) is 10.7. The lowest BCUT2D eigenvalue weighted by Crippen LogP contribution is -2.31. The van der Waals surface area contributed by atoms with Crippen molar-refractivity contribution in [3.63, 3.8) is 0 Å². The summed E-state index contributed by atoms with van der Waals surface area (Å²) in [7, 11) is 0. The van der Waals surface area contributed by atoms with Crippen LogP contribution in [0.4, 0.5) is 0 Å². The van der Waals surface area contributed by atoms with Gasteiger partial charge in [-0.15, -0.1) is 0 Å². The van der Waals surface area contributed by atoms with Gasteiger partial charge in [-0.05, 0) is 29.7 Å². The number of carbonyl (C=O) groups excluding carboxylic acids is 1. The number of fused-ring (bicyclic) bond motifs is 1. The molecule has 1 N–H and O–H groups in total. The number of nitrogens with one attached hydrogen (secondary N) is 1. The third-order valence-corrected chi connectivity index (χ3v) is 4.51. The summed E-state index contributed by atoms with van der Waals surface area (Å²) in [5.41, 5.74) is 1.84. The van der Waals surface area contributed by atoms with Crippen molar-refractivity contribution in [1.29, 1.82) is 0 Å². The van der Waals surface area contributed by atoms with Crippen molar-refractivity contribution in [2.24, 2.45) is 5.92 Å². The summed E-state index contributed by atoms with van der Waals surface area (Å²) < 4.78 is 5.42. The van der Waals surface area contributed by atoms with Crippen molar-refractivity contribution in [3.05, 3.63) is 29.3 Å². The number of carbonyl (C=O) groups is 1. The molecule has 1 atom stereocenters. The summed E-state index contributed by atoms with van der Waals surface area (Å²) in [5, 5.41) is 2.94. The minimum Gasteiger partial charge on any atom is -0.493 e. The van der Waals surface area contributed by atoms with E-state index in [-0.39, 0.29) is 5.91 Å². The van der Waals surface area contributed by atoms with E-state index in [1.54, 1.807) is 0 Å². The van der Waals surface area contributed by atoms with E-state index < -0.39 is 0 Å². The summed E-state index contributed by atoms with van der Waals surface area (Å²) in [6.45, 7) is 5.61. The minimum atomic E-state index is -0.0187. The van der Waals surface area contributed by atoms with Crippen molar-refractivity contribution >= 4 is 21.8 Å². The molecule has 0 radical (unpaired) electrons. The fraction of sp³-hybridized carbons (Fsp3) is 0.500. The van der Waals surface area contributed by atoms with Crippen LogP contribution < -0.4 is 10.1 Å². The van der Waals surface area contributed by atoms with Crippen LogP contribution >= 0.6 is 15.9 Å². The Morgan fingerprint density at radius 1 is 1.50 bits per heavy atom. The first-order valence-corrected chi connectivity index (χ1v) is 7.17. The Morgan fingerprint density at radius 2 is 2.28 bits per heavy atom. The van der Waals surface area contributed by atoms with Crippen molar-refractivity contribution in [3.8, 4) is 5.75 Å². The van der Waals surface area contributed by atoms with Gasteiger partial charge in [0, 0.05) is 23.4 Å². The molecule has 1 unspecified atom stereocenters. The van der Waals surface area contributed by atoms with Crippen LogP contribution in [-0.2, 0) is 6.42 Å². The SMILES string of the molecule is CC(C)C(Br)CNC(=O)c1ccc2c(c1)CCO2. The van der Waals surface area contributed by atoms with E-state index in [2.05, 4.69) is 35.1 Å². The first-order chi connectivity index (χ1) is 8.58. The molecule has 0 bridgehead atoms. The number of rotatable bonds is 4. The highest BCUT2D eigenvalue weighted by atomic mass is 79.9. The zero-order valence-corrected chi connectivity index (χ0v) is 12.3. The molecule has 1 aliphatic rings. The second-order valence-electron chi connectivity index (χ2n) is 4.89. The predicted molar refractivity (Wildman–Crippen MR) is 75.5 cm³/mol. The average Bonchev–Trinajstić information content (AvgIpc) is 2.82. The third kappa shape index (κ3) is 3.05. The van der Waals surface area contributed by atoms with Gasteiger partial charge >= 0.3 is 0 Å². The van der Waals surface area contributed by atoms with Crippen LogP contribution in [0.2, 0.25) is 0 Å². The van der Waals surface area contributed by atoms with Crippen LogP contribution in [-0.4, -0.2) is 23.9 Å². The summed E-state index contributed by atoms with van der Waals surface area (Å²) in [5.74, 6) is 1.39. The molecule has 0 fully saturated rings. The first-order valence-electron chi connectivity index (χ1n) is 6.26. The average molecular weight is 312 g/mol. The Balaban J connectivity index is 1.97. The standard InChI is InChI=1S/C14H18BrNO2/c1-9(2)12(15)8-16-14(17)11-3-4-13-10(7-11)5-6-18-13/h3-4,7,9,12H,5-6,8H2,1-2H3,(H,16,17). The topological polar surface area (TPSA) is 38.3 Å². The van der Waals surface area contributed by atoms with Crippen molar-refractivity contribution in [2.45, 2.75) is 25.1 Å². The molecule has 98 valence electrons. The number of hydrogen-bond acceptors (Lipinski definition) is 2. The maximum absolute atomic E-state index is 12.0. The van der Waals surface area contributed by atoms with Gasteiger partial charge in [0.2, 0.25) is 0 Å². The van der Waals surface area contributed by atoms with Gasteiger partial charge in [0.25, 0.3) is 5.91 Å². The molecule has 0 spiro atoms. The molecule has 1 aliphatic heterocycles. The number of amides is 1. The number of alkyl halides is 1. The van der Waals surface area contributed by atoms with Crippen LogP contribution in [0.25, 0.3) is 0 Å². The molecular weight excluding hydrogens is 294 g/mol. The van der Waals surface area contributed by atoms with Gasteiger partial charge in [-0.1, -0.05) is 29.8 Å². The Morgan fingerprint density at radius 3 is 3.00 bits per heavy atom. The molecule has 3 nitrogen and oxygen atoms in total.